The van der Waals surface area contributed by atoms with E-state index in [0.717, 1.165) is 21.8 Å². The van der Waals surface area contributed by atoms with Crippen LogP contribution >= 0.6 is 11.3 Å². The van der Waals surface area contributed by atoms with Crippen molar-refractivity contribution in [2.75, 3.05) is 23.7 Å². The Morgan fingerprint density at radius 2 is 1.81 bits per heavy atom. The Kier molecular flexibility index (Phi) is 5.97. The predicted molar refractivity (Wildman–Crippen MR) is 109 cm³/mol. The van der Waals surface area contributed by atoms with Gasteiger partial charge in [0.15, 0.2) is 0 Å². The quantitative estimate of drug-likeness (QED) is 0.542. The molecule has 27 heavy (non-hydrogen) atoms. The number of carbonyl (C=O) groups excluding carboxylic acids is 1. The number of aromatic nitrogens is 3. The van der Waals surface area contributed by atoms with E-state index in [1.807, 2.05) is 50.4 Å². The smallest absolute Gasteiger partial charge is 0.261 e. The summed E-state index contributed by atoms with van der Waals surface area (Å²) in [6.07, 6.45) is 1.75. The van der Waals surface area contributed by atoms with E-state index in [1.54, 1.807) is 6.20 Å². The highest BCUT2D eigenvalue weighted by Crippen LogP contribution is 2.16. The summed E-state index contributed by atoms with van der Waals surface area (Å²) in [5.74, 6) is 2.69. The third kappa shape index (κ3) is 5.49. The first kappa shape index (κ1) is 18.8. The number of hydrogen-bond donors (Lipinski definition) is 3. The molecule has 0 aliphatic carbocycles. The van der Waals surface area contributed by atoms with Crippen molar-refractivity contribution in [2.24, 2.45) is 0 Å². The van der Waals surface area contributed by atoms with Gasteiger partial charge in [-0.05, 0) is 55.5 Å². The Bertz CT molecular complexity index is 939. The molecule has 0 unspecified atom stereocenters. The molecular weight excluding hydrogens is 360 g/mol. The van der Waals surface area contributed by atoms with Crippen molar-refractivity contribution >= 4 is 34.7 Å². The second-order valence-electron chi connectivity index (χ2n) is 6.20. The monoisotopic (exact) mass is 382 g/mol. The van der Waals surface area contributed by atoms with Crippen molar-refractivity contribution in [1.29, 1.82) is 0 Å². The molecule has 3 aromatic rings. The number of nitrogens with zero attached hydrogens (tertiary/aromatic N) is 3. The summed E-state index contributed by atoms with van der Waals surface area (Å²) in [5, 5.41) is 11.3. The van der Waals surface area contributed by atoms with Crippen LogP contribution < -0.4 is 16.0 Å². The zero-order valence-electron chi connectivity index (χ0n) is 15.5. The molecule has 0 aliphatic rings. The third-order valence-corrected chi connectivity index (χ3v) is 4.73. The van der Waals surface area contributed by atoms with Gasteiger partial charge in [-0.1, -0.05) is 0 Å². The summed E-state index contributed by atoms with van der Waals surface area (Å²) in [4.78, 5) is 25.8. The summed E-state index contributed by atoms with van der Waals surface area (Å²) in [7, 11) is 0. The molecule has 8 heteroatoms. The van der Waals surface area contributed by atoms with E-state index in [4.69, 9.17) is 0 Å². The molecule has 0 atom stereocenters. The molecule has 0 spiro atoms. The standard InChI is InChI=1S/C19H22N6OS/c1-12-4-5-20-16(9-12)25-18-10-17(23-14(3)24-18)21-6-7-22-19(26)15-8-13(2)11-27-15/h4-5,8-11H,6-7H2,1-3H3,(H,22,26)(H2,20,21,23,24,25). The van der Waals surface area contributed by atoms with E-state index in [9.17, 15) is 4.79 Å². The number of amides is 1. The van der Waals surface area contributed by atoms with Gasteiger partial charge < -0.3 is 16.0 Å². The summed E-state index contributed by atoms with van der Waals surface area (Å²) >= 11 is 1.45. The molecule has 0 aliphatic heterocycles. The second-order valence-corrected chi connectivity index (χ2v) is 7.11. The van der Waals surface area contributed by atoms with E-state index in [-0.39, 0.29) is 5.91 Å². The first-order valence-corrected chi connectivity index (χ1v) is 9.50. The average Bonchev–Trinajstić information content (AvgIpc) is 3.05. The molecule has 0 radical (unpaired) electrons. The van der Waals surface area contributed by atoms with Crippen LogP contribution in [0.5, 0.6) is 0 Å². The number of aryl methyl sites for hydroxylation is 3. The molecule has 0 aromatic carbocycles. The average molecular weight is 382 g/mol. The summed E-state index contributed by atoms with van der Waals surface area (Å²) in [6.45, 7) is 6.89. The topological polar surface area (TPSA) is 91.8 Å². The molecule has 0 fully saturated rings. The Hall–Kier alpha value is -3.00. The zero-order valence-corrected chi connectivity index (χ0v) is 16.4. The van der Waals surface area contributed by atoms with Crippen molar-refractivity contribution in [3.63, 3.8) is 0 Å². The van der Waals surface area contributed by atoms with Crippen LogP contribution in [0.1, 0.15) is 26.6 Å². The molecule has 3 aromatic heterocycles. The van der Waals surface area contributed by atoms with Gasteiger partial charge in [-0.25, -0.2) is 15.0 Å². The fourth-order valence-corrected chi connectivity index (χ4v) is 3.28. The Balaban J connectivity index is 1.54. The largest absolute Gasteiger partial charge is 0.368 e. The molecule has 0 saturated carbocycles. The summed E-state index contributed by atoms with van der Waals surface area (Å²) < 4.78 is 0. The van der Waals surface area contributed by atoms with Crippen LogP contribution in [-0.2, 0) is 0 Å². The second kappa shape index (κ2) is 8.59. The molecule has 7 nitrogen and oxygen atoms in total. The Labute approximate surface area is 162 Å². The Morgan fingerprint density at radius 3 is 2.56 bits per heavy atom. The molecule has 3 heterocycles. The van der Waals surface area contributed by atoms with Gasteiger partial charge in [0, 0.05) is 25.4 Å². The maximum Gasteiger partial charge on any atom is 0.261 e. The van der Waals surface area contributed by atoms with Crippen LogP contribution in [0, 0.1) is 20.8 Å². The number of thiophene rings is 1. The first-order valence-electron chi connectivity index (χ1n) is 8.62. The fraction of sp³-hybridized carbons (Fsp3) is 0.263. The maximum absolute atomic E-state index is 12.0. The van der Waals surface area contributed by atoms with Crippen LogP contribution in [0.3, 0.4) is 0 Å². The van der Waals surface area contributed by atoms with Crippen LogP contribution in [-0.4, -0.2) is 33.9 Å². The van der Waals surface area contributed by atoms with E-state index in [2.05, 4.69) is 30.9 Å². The lowest BCUT2D eigenvalue weighted by Gasteiger charge is -2.10. The number of pyridine rings is 1. The molecule has 140 valence electrons. The predicted octanol–water partition coefficient (Wildman–Crippen LogP) is 3.44. The molecule has 3 rings (SSSR count). The van der Waals surface area contributed by atoms with Crippen molar-refractivity contribution < 1.29 is 4.79 Å². The minimum Gasteiger partial charge on any atom is -0.368 e. The molecule has 0 saturated heterocycles. The van der Waals surface area contributed by atoms with Gasteiger partial charge in [0.25, 0.3) is 5.91 Å². The number of rotatable bonds is 7. The highest BCUT2D eigenvalue weighted by atomic mass is 32.1. The highest BCUT2D eigenvalue weighted by molar-refractivity contribution is 7.12. The molecule has 1 amide bonds. The van der Waals surface area contributed by atoms with Crippen LogP contribution in [0.4, 0.5) is 17.5 Å². The SMILES string of the molecule is Cc1ccnc(Nc2cc(NCCNC(=O)c3cc(C)cs3)nc(C)n2)c1. The Morgan fingerprint density at radius 1 is 1.00 bits per heavy atom. The van der Waals surface area contributed by atoms with E-state index < -0.39 is 0 Å². The minimum atomic E-state index is -0.0540. The van der Waals surface area contributed by atoms with Gasteiger partial charge in [0.1, 0.15) is 23.3 Å². The molecule has 0 bridgehead atoms. The fourth-order valence-electron chi connectivity index (χ4n) is 2.46. The van der Waals surface area contributed by atoms with E-state index in [1.165, 1.54) is 11.3 Å². The molecule has 3 N–H and O–H groups in total. The van der Waals surface area contributed by atoms with Gasteiger partial charge >= 0.3 is 0 Å². The van der Waals surface area contributed by atoms with Crippen molar-refractivity contribution in [2.45, 2.75) is 20.8 Å². The number of anilines is 3. The van der Waals surface area contributed by atoms with Crippen LogP contribution in [0.15, 0.2) is 35.8 Å². The number of hydrogen-bond acceptors (Lipinski definition) is 7. The van der Waals surface area contributed by atoms with Crippen molar-refractivity contribution in [3.05, 3.63) is 57.7 Å². The third-order valence-electron chi connectivity index (χ3n) is 3.68. The summed E-state index contributed by atoms with van der Waals surface area (Å²) in [5.41, 5.74) is 2.22. The van der Waals surface area contributed by atoms with E-state index >= 15 is 0 Å². The van der Waals surface area contributed by atoms with Gasteiger partial charge in [0.05, 0.1) is 4.88 Å². The number of carbonyl (C=O) groups is 1. The first-order chi connectivity index (χ1) is 13.0. The summed E-state index contributed by atoms with van der Waals surface area (Å²) in [6, 6.07) is 7.60. The normalized spacial score (nSPS) is 10.5. The lowest BCUT2D eigenvalue weighted by atomic mass is 10.3. The van der Waals surface area contributed by atoms with Gasteiger partial charge in [-0.3, -0.25) is 4.79 Å². The van der Waals surface area contributed by atoms with Crippen molar-refractivity contribution in [1.82, 2.24) is 20.3 Å². The lowest BCUT2D eigenvalue weighted by molar-refractivity contribution is 0.0959. The van der Waals surface area contributed by atoms with Gasteiger partial charge in [-0.2, -0.15) is 0 Å². The number of nitrogens with one attached hydrogen (secondary N) is 3. The van der Waals surface area contributed by atoms with E-state index in [0.29, 0.717) is 30.5 Å². The van der Waals surface area contributed by atoms with Crippen LogP contribution in [0.2, 0.25) is 0 Å². The molecular formula is C19H22N6OS. The zero-order chi connectivity index (χ0) is 19.2. The minimum absolute atomic E-state index is 0.0540. The maximum atomic E-state index is 12.0. The lowest BCUT2D eigenvalue weighted by Crippen LogP contribution is -2.28. The van der Waals surface area contributed by atoms with Gasteiger partial charge in [-0.15, -0.1) is 11.3 Å². The highest BCUT2D eigenvalue weighted by Gasteiger charge is 2.07. The van der Waals surface area contributed by atoms with Crippen LogP contribution in [0.25, 0.3) is 0 Å². The van der Waals surface area contributed by atoms with Gasteiger partial charge in [0.2, 0.25) is 0 Å². The van der Waals surface area contributed by atoms with Crippen molar-refractivity contribution in [3.8, 4) is 0 Å².